The van der Waals surface area contributed by atoms with Crippen molar-refractivity contribution in [3.8, 4) is 0 Å². The molecule has 1 heterocycles. The molecule has 0 spiro atoms. The fourth-order valence-corrected chi connectivity index (χ4v) is 2.51. The Kier molecular flexibility index (Phi) is 6.09. The molecule has 0 aromatic heterocycles. The highest BCUT2D eigenvalue weighted by molar-refractivity contribution is 5.78. The van der Waals surface area contributed by atoms with Crippen molar-refractivity contribution in [3.63, 3.8) is 0 Å². The van der Waals surface area contributed by atoms with Crippen LogP contribution < -0.4 is 11.1 Å². The topological polar surface area (TPSA) is 58.4 Å². The lowest BCUT2D eigenvalue weighted by Crippen LogP contribution is -2.40. The van der Waals surface area contributed by atoms with Gasteiger partial charge in [0, 0.05) is 13.0 Å². The third-order valence-electron chi connectivity index (χ3n) is 4.09. The predicted octanol–water partition coefficient (Wildman–Crippen LogP) is 1.21. The first kappa shape index (κ1) is 15.4. The molecule has 3 N–H and O–H groups in total. The largest absolute Gasteiger partial charge is 0.359 e. The summed E-state index contributed by atoms with van der Waals surface area (Å²) in [5, 5.41) is 2.75. The van der Waals surface area contributed by atoms with Gasteiger partial charge in [-0.15, -0.1) is 0 Å². The Balaban J connectivity index is 2.18. The number of piperidine rings is 1. The quantitative estimate of drug-likeness (QED) is 0.750. The Bertz CT molecular complexity index is 258. The molecule has 0 aromatic carbocycles. The summed E-state index contributed by atoms with van der Waals surface area (Å²) in [6.07, 6.45) is 4.38. The molecule has 4 heteroatoms. The highest BCUT2D eigenvalue weighted by atomic mass is 16.1. The highest BCUT2D eigenvalue weighted by Crippen LogP contribution is 2.22. The van der Waals surface area contributed by atoms with E-state index in [1.807, 2.05) is 0 Å². The van der Waals surface area contributed by atoms with E-state index < -0.39 is 0 Å². The Labute approximate surface area is 111 Å². The van der Waals surface area contributed by atoms with Crippen LogP contribution in [0.15, 0.2) is 0 Å². The molecule has 1 aliphatic heterocycles. The molecular weight excluding hydrogens is 226 g/mol. The van der Waals surface area contributed by atoms with Crippen molar-refractivity contribution in [1.82, 2.24) is 10.2 Å². The van der Waals surface area contributed by atoms with Crippen molar-refractivity contribution < 1.29 is 4.79 Å². The van der Waals surface area contributed by atoms with Gasteiger partial charge in [0.2, 0.25) is 5.91 Å². The fourth-order valence-electron chi connectivity index (χ4n) is 2.51. The minimum absolute atomic E-state index is 0.207. The Morgan fingerprint density at radius 3 is 2.50 bits per heavy atom. The van der Waals surface area contributed by atoms with Crippen molar-refractivity contribution in [2.45, 2.75) is 39.5 Å². The summed E-state index contributed by atoms with van der Waals surface area (Å²) in [6.45, 7) is 8.47. The number of nitrogens with two attached hydrogens (primary N) is 1. The molecule has 4 nitrogen and oxygen atoms in total. The maximum atomic E-state index is 11.5. The van der Waals surface area contributed by atoms with Crippen molar-refractivity contribution in [2.75, 3.05) is 33.2 Å². The average Bonchev–Trinajstić information content (AvgIpc) is 2.38. The molecule has 18 heavy (non-hydrogen) atoms. The van der Waals surface area contributed by atoms with Crippen LogP contribution in [0.25, 0.3) is 0 Å². The number of likely N-dealkylation sites (tertiary alicyclic amines) is 1. The van der Waals surface area contributed by atoms with Crippen LogP contribution in [0.2, 0.25) is 0 Å². The Hall–Kier alpha value is -0.610. The number of hydrogen-bond donors (Lipinski definition) is 2. The lowest BCUT2D eigenvalue weighted by Gasteiger charge is -2.32. The Morgan fingerprint density at radius 1 is 1.39 bits per heavy atom. The van der Waals surface area contributed by atoms with E-state index in [0.717, 1.165) is 39.0 Å². The molecular formula is C14H29N3O. The molecule has 1 fully saturated rings. The van der Waals surface area contributed by atoms with Gasteiger partial charge in [-0.1, -0.05) is 13.8 Å². The number of nitrogens with zero attached hydrogens (tertiary/aromatic N) is 1. The fraction of sp³-hybridized carbons (Fsp3) is 0.929. The van der Waals surface area contributed by atoms with Crippen LogP contribution in [0.3, 0.4) is 0 Å². The number of rotatable bonds is 6. The third kappa shape index (κ3) is 4.94. The van der Waals surface area contributed by atoms with Gasteiger partial charge in [0.05, 0.1) is 0 Å². The monoisotopic (exact) mass is 255 g/mol. The van der Waals surface area contributed by atoms with Gasteiger partial charge in [0.1, 0.15) is 0 Å². The second-order valence-electron chi connectivity index (χ2n) is 6.20. The minimum Gasteiger partial charge on any atom is -0.359 e. The normalized spacial score (nSPS) is 18.9. The summed E-state index contributed by atoms with van der Waals surface area (Å²) < 4.78 is 0. The molecule has 106 valence electrons. The number of amides is 1. The summed E-state index contributed by atoms with van der Waals surface area (Å²) in [7, 11) is 1.73. The molecule has 0 aliphatic carbocycles. The van der Waals surface area contributed by atoms with E-state index >= 15 is 0 Å². The molecule has 1 aliphatic rings. The molecule has 0 atom stereocenters. The summed E-state index contributed by atoms with van der Waals surface area (Å²) in [4.78, 5) is 14.0. The molecule has 0 aromatic rings. The maximum absolute atomic E-state index is 11.5. The number of hydrogen-bond acceptors (Lipinski definition) is 3. The van der Waals surface area contributed by atoms with Crippen molar-refractivity contribution in [2.24, 2.45) is 17.1 Å². The van der Waals surface area contributed by atoms with Crippen LogP contribution in [-0.4, -0.2) is 44.0 Å². The standard InChI is InChI=1S/C14H29N3O/c1-14(2,11-15)7-4-8-17-9-5-12(6-10-17)13(18)16-3/h12H,4-11,15H2,1-3H3,(H,16,18). The average molecular weight is 255 g/mol. The maximum Gasteiger partial charge on any atom is 0.222 e. The van der Waals surface area contributed by atoms with Gasteiger partial charge in [-0.05, 0) is 57.3 Å². The number of carbonyl (C=O) groups excluding carboxylic acids is 1. The zero-order valence-corrected chi connectivity index (χ0v) is 12.2. The first-order chi connectivity index (χ1) is 8.48. The summed E-state index contributed by atoms with van der Waals surface area (Å²) in [5.74, 6) is 0.436. The van der Waals surface area contributed by atoms with Gasteiger partial charge in [0.15, 0.2) is 0 Å². The van der Waals surface area contributed by atoms with Gasteiger partial charge in [0.25, 0.3) is 0 Å². The molecule has 0 radical (unpaired) electrons. The summed E-state index contributed by atoms with van der Waals surface area (Å²) in [6, 6.07) is 0. The Morgan fingerprint density at radius 2 is 2.00 bits per heavy atom. The second kappa shape index (κ2) is 7.10. The van der Waals surface area contributed by atoms with Gasteiger partial charge < -0.3 is 16.0 Å². The van der Waals surface area contributed by atoms with Gasteiger partial charge in [-0.2, -0.15) is 0 Å². The lowest BCUT2D eigenvalue weighted by atomic mass is 9.88. The summed E-state index contributed by atoms with van der Waals surface area (Å²) in [5.41, 5.74) is 6.00. The zero-order chi connectivity index (χ0) is 13.6. The van der Waals surface area contributed by atoms with E-state index in [1.165, 1.54) is 12.8 Å². The van der Waals surface area contributed by atoms with Gasteiger partial charge >= 0.3 is 0 Å². The van der Waals surface area contributed by atoms with Crippen LogP contribution in [0, 0.1) is 11.3 Å². The molecule has 1 saturated heterocycles. The van der Waals surface area contributed by atoms with Crippen LogP contribution in [-0.2, 0) is 4.79 Å². The van der Waals surface area contributed by atoms with Crippen molar-refractivity contribution in [1.29, 1.82) is 0 Å². The van der Waals surface area contributed by atoms with E-state index in [4.69, 9.17) is 5.73 Å². The molecule has 0 bridgehead atoms. The number of nitrogens with one attached hydrogen (secondary N) is 1. The first-order valence-corrected chi connectivity index (χ1v) is 7.12. The van der Waals surface area contributed by atoms with E-state index in [0.29, 0.717) is 0 Å². The third-order valence-corrected chi connectivity index (χ3v) is 4.09. The van der Waals surface area contributed by atoms with E-state index in [-0.39, 0.29) is 17.2 Å². The first-order valence-electron chi connectivity index (χ1n) is 7.12. The molecule has 0 unspecified atom stereocenters. The van der Waals surface area contributed by atoms with E-state index in [2.05, 4.69) is 24.1 Å². The van der Waals surface area contributed by atoms with Crippen LogP contribution in [0.1, 0.15) is 39.5 Å². The minimum atomic E-state index is 0.207. The van der Waals surface area contributed by atoms with Crippen molar-refractivity contribution >= 4 is 5.91 Å². The smallest absolute Gasteiger partial charge is 0.222 e. The van der Waals surface area contributed by atoms with Crippen LogP contribution in [0.5, 0.6) is 0 Å². The molecule has 0 saturated carbocycles. The molecule has 1 amide bonds. The second-order valence-corrected chi connectivity index (χ2v) is 6.20. The predicted molar refractivity (Wildman–Crippen MR) is 75.3 cm³/mol. The summed E-state index contributed by atoms with van der Waals surface area (Å²) >= 11 is 0. The lowest BCUT2D eigenvalue weighted by molar-refractivity contribution is -0.125. The van der Waals surface area contributed by atoms with Crippen LogP contribution in [0.4, 0.5) is 0 Å². The molecule has 1 rings (SSSR count). The van der Waals surface area contributed by atoms with Crippen LogP contribution >= 0.6 is 0 Å². The SMILES string of the molecule is CNC(=O)C1CCN(CCCC(C)(C)CN)CC1. The van der Waals surface area contributed by atoms with E-state index in [9.17, 15) is 4.79 Å². The van der Waals surface area contributed by atoms with Crippen molar-refractivity contribution in [3.05, 3.63) is 0 Å². The van der Waals surface area contributed by atoms with E-state index in [1.54, 1.807) is 7.05 Å². The zero-order valence-electron chi connectivity index (χ0n) is 12.2. The van der Waals surface area contributed by atoms with Gasteiger partial charge in [-0.25, -0.2) is 0 Å². The highest BCUT2D eigenvalue weighted by Gasteiger charge is 2.24. The number of carbonyl (C=O) groups is 1. The van der Waals surface area contributed by atoms with Gasteiger partial charge in [-0.3, -0.25) is 4.79 Å².